The van der Waals surface area contributed by atoms with Crippen LogP contribution in [0.5, 0.6) is 0 Å². The van der Waals surface area contributed by atoms with Crippen molar-refractivity contribution in [2.45, 2.75) is 18.8 Å². The third kappa shape index (κ3) is 2.84. The van der Waals surface area contributed by atoms with Crippen molar-refractivity contribution in [3.05, 3.63) is 71.6 Å². The van der Waals surface area contributed by atoms with Crippen LogP contribution in [0.15, 0.2) is 53.2 Å². The van der Waals surface area contributed by atoms with Crippen molar-refractivity contribution >= 4 is 5.91 Å². The minimum absolute atomic E-state index is 0.00724. The molecule has 3 aromatic rings. The highest BCUT2D eigenvalue weighted by Gasteiger charge is 2.40. The molecule has 1 aromatic carbocycles. The lowest BCUT2D eigenvalue weighted by Gasteiger charge is -2.17. The predicted molar refractivity (Wildman–Crippen MR) is 92.3 cm³/mol. The topological polar surface area (TPSA) is 64.2 Å². The molecule has 2 aromatic heterocycles. The number of hydrogen-bond acceptors (Lipinski definition) is 4. The highest BCUT2D eigenvalue weighted by Crippen LogP contribution is 2.39. The fraction of sp³-hybridized carbons (Fsp3) is 0.316. The third-order valence-electron chi connectivity index (χ3n) is 4.86. The summed E-state index contributed by atoms with van der Waals surface area (Å²) in [7, 11) is 1.89. The van der Waals surface area contributed by atoms with E-state index in [1.165, 1.54) is 5.56 Å². The average molecular weight is 336 g/mol. The van der Waals surface area contributed by atoms with E-state index >= 15 is 0 Å². The van der Waals surface area contributed by atoms with Gasteiger partial charge in [-0.2, -0.15) is 4.98 Å². The number of aryl methyl sites for hydroxylation is 2. The van der Waals surface area contributed by atoms with E-state index in [9.17, 15) is 4.79 Å². The number of amides is 1. The van der Waals surface area contributed by atoms with E-state index in [4.69, 9.17) is 4.52 Å². The number of benzene rings is 1. The number of carbonyl (C=O) groups is 1. The SMILES string of the molecule is Cc1noc(C2CN(C(=O)c3cccn3C)CC2c2ccccc2)n1. The third-order valence-corrected chi connectivity index (χ3v) is 4.86. The number of rotatable bonds is 3. The molecule has 6 nitrogen and oxygen atoms in total. The zero-order valence-corrected chi connectivity index (χ0v) is 14.3. The molecule has 0 radical (unpaired) electrons. The molecule has 1 aliphatic heterocycles. The first-order valence-electron chi connectivity index (χ1n) is 8.39. The highest BCUT2D eigenvalue weighted by molar-refractivity contribution is 5.93. The van der Waals surface area contributed by atoms with E-state index in [0.29, 0.717) is 30.5 Å². The summed E-state index contributed by atoms with van der Waals surface area (Å²) in [5, 5.41) is 3.93. The molecular formula is C19H20N4O2. The van der Waals surface area contributed by atoms with Crippen molar-refractivity contribution in [2.24, 2.45) is 7.05 Å². The molecule has 25 heavy (non-hydrogen) atoms. The predicted octanol–water partition coefficient (Wildman–Crippen LogP) is 2.74. The van der Waals surface area contributed by atoms with Crippen molar-refractivity contribution in [1.82, 2.24) is 19.6 Å². The Labute approximate surface area is 146 Å². The Morgan fingerprint density at radius 2 is 1.88 bits per heavy atom. The van der Waals surface area contributed by atoms with Gasteiger partial charge in [-0.3, -0.25) is 4.79 Å². The van der Waals surface area contributed by atoms with Gasteiger partial charge in [0.2, 0.25) is 5.89 Å². The summed E-state index contributed by atoms with van der Waals surface area (Å²) in [4.78, 5) is 19.2. The number of hydrogen-bond donors (Lipinski definition) is 0. The molecule has 0 bridgehead atoms. The zero-order valence-electron chi connectivity index (χ0n) is 14.3. The van der Waals surface area contributed by atoms with Gasteiger partial charge in [0.25, 0.3) is 5.91 Å². The monoisotopic (exact) mass is 336 g/mol. The van der Waals surface area contributed by atoms with Crippen molar-refractivity contribution in [3.63, 3.8) is 0 Å². The number of carbonyl (C=O) groups excluding carboxylic acids is 1. The smallest absolute Gasteiger partial charge is 0.270 e. The molecule has 2 atom stereocenters. The molecule has 2 unspecified atom stereocenters. The Morgan fingerprint density at radius 3 is 2.52 bits per heavy atom. The number of likely N-dealkylation sites (tertiary alicyclic amines) is 1. The van der Waals surface area contributed by atoms with Crippen LogP contribution in [0.25, 0.3) is 0 Å². The molecule has 1 saturated heterocycles. The van der Waals surface area contributed by atoms with Crippen molar-refractivity contribution in [1.29, 1.82) is 0 Å². The maximum absolute atomic E-state index is 12.9. The van der Waals surface area contributed by atoms with Gasteiger partial charge >= 0.3 is 0 Å². The van der Waals surface area contributed by atoms with Gasteiger partial charge in [0, 0.05) is 32.3 Å². The van der Waals surface area contributed by atoms with Crippen LogP contribution < -0.4 is 0 Å². The van der Waals surface area contributed by atoms with Gasteiger partial charge < -0.3 is 14.0 Å². The molecular weight excluding hydrogens is 316 g/mol. The molecule has 0 spiro atoms. The molecule has 4 rings (SSSR count). The molecule has 6 heteroatoms. The van der Waals surface area contributed by atoms with E-state index in [1.807, 2.05) is 60.0 Å². The Morgan fingerprint density at radius 1 is 1.12 bits per heavy atom. The Balaban J connectivity index is 1.67. The molecule has 0 saturated carbocycles. The van der Waals surface area contributed by atoms with Gasteiger partial charge in [-0.15, -0.1) is 0 Å². The first kappa shape index (κ1) is 15.6. The number of nitrogens with zero attached hydrogens (tertiary/aromatic N) is 4. The largest absolute Gasteiger partial charge is 0.347 e. The second-order valence-corrected chi connectivity index (χ2v) is 6.52. The lowest BCUT2D eigenvalue weighted by Crippen LogP contribution is -2.30. The Bertz CT molecular complexity index is 884. The van der Waals surface area contributed by atoms with Crippen molar-refractivity contribution < 1.29 is 9.32 Å². The van der Waals surface area contributed by atoms with Gasteiger partial charge in [0.05, 0.1) is 5.92 Å². The lowest BCUT2D eigenvalue weighted by molar-refractivity contribution is 0.0778. The second-order valence-electron chi connectivity index (χ2n) is 6.52. The van der Waals surface area contributed by atoms with Crippen LogP contribution in [0.3, 0.4) is 0 Å². The summed E-state index contributed by atoms with van der Waals surface area (Å²) in [6.45, 7) is 3.03. The summed E-state index contributed by atoms with van der Waals surface area (Å²) in [5.41, 5.74) is 1.87. The quantitative estimate of drug-likeness (QED) is 0.738. The van der Waals surface area contributed by atoms with E-state index in [1.54, 1.807) is 0 Å². The normalized spacial score (nSPS) is 20.2. The fourth-order valence-corrected chi connectivity index (χ4v) is 3.57. The molecule has 3 heterocycles. The number of aromatic nitrogens is 3. The Kier molecular flexibility index (Phi) is 3.87. The molecule has 128 valence electrons. The molecule has 1 aliphatic rings. The molecule has 1 fully saturated rings. The van der Waals surface area contributed by atoms with Crippen LogP contribution >= 0.6 is 0 Å². The standard InChI is InChI=1S/C19H20N4O2/c1-13-20-18(25-21-13)16-12-23(19(24)17-9-6-10-22(17)2)11-15(16)14-7-4-3-5-8-14/h3-10,15-16H,11-12H2,1-2H3. The highest BCUT2D eigenvalue weighted by atomic mass is 16.5. The second kappa shape index (κ2) is 6.20. The molecule has 0 N–H and O–H groups in total. The Hall–Kier alpha value is -2.89. The van der Waals surface area contributed by atoms with Crippen LogP contribution in [0.4, 0.5) is 0 Å². The van der Waals surface area contributed by atoms with E-state index in [0.717, 1.165) is 0 Å². The van der Waals surface area contributed by atoms with Crippen LogP contribution in [-0.2, 0) is 7.05 Å². The van der Waals surface area contributed by atoms with Gasteiger partial charge in [0.1, 0.15) is 5.69 Å². The fourth-order valence-electron chi connectivity index (χ4n) is 3.57. The average Bonchev–Trinajstić information content (AvgIpc) is 3.34. The van der Waals surface area contributed by atoms with Crippen molar-refractivity contribution in [3.8, 4) is 0 Å². The summed E-state index contributed by atoms with van der Waals surface area (Å²) < 4.78 is 7.29. The van der Waals surface area contributed by atoms with Crippen LogP contribution in [0.1, 0.15) is 39.6 Å². The van der Waals surface area contributed by atoms with Crippen LogP contribution in [0, 0.1) is 6.92 Å². The minimum Gasteiger partial charge on any atom is -0.347 e. The lowest BCUT2D eigenvalue weighted by atomic mass is 9.89. The van der Waals surface area contributed by atoms with E-state index in [2.05, 4.69) is 22.3 Å². The van der Waals surface area contributed by atoms with E-state index < -0.39 is 0 Å². The summed E-state index contributed by atoms with van der Waals surface area (Å²) in [6.07, 6.45) is 1.89. The zero-order chi connectivity index (χ0) is 17.4. The van der Waals surface area contributed by atoms with Gasteiger partial charge in [-0.25, -0.2) is 0 Å². The van der Waals surface area contributed by atoms with Crippen LogP contribution in [-0.4, -0.2) is 38.6 Å². The van der Waals surface area contributed by atoms with E-state index in [-0.39, 0.29) is 17.7 Å². The van der Waals surface area contributed by atoms with Gasteiger partial charge in [-0.05, 0) is 24.6 Å². The first-order valence-corrected chi connectivity index (χ1v) is 8.39. The summed E-state index contributed by atoms with van der Waals surface area (Å²) >= 11 is 0. The maximum Gasteiger partial charge on any atom is 0.270 e. The van der Waals surface area contributed by atoms with Crippen molar-refractivity contribution in [2.75, 3.05) is 13.1 Å². The minimum atomic E-state index is 0.00724. The van der Waals surface area contributed by atoms with Crippen LogP contribution in [0.2, 0.25) is 0 Å². The van der Waals surface area contributed by atoms with Gasteiger partial charge in [-0.1, -0.05) is 35.5 Å². The molecule has 0 aliphatic carbocycles. The summed E-state index contributed by atoms with van der Waals surface area (Å²) in [6, 6.07) is 14.0. The summed E-state index contributed by atoms with van der Waals surface area (Å²) in [5.74, 6) is 1.41. The van der Waals surface area contributed by atoms with Gasteiger partial charge in [0.15, 0.2) is 5.82 Å². The first-order chi connectivity index (χ1) is 12.1. The molecule has 1 amide bonds. The maximum atomic E-state index is 12.9.